The van der Waals surface area contributed by atoms with Gasteiger partial charge in [-0.1, -0.05) is 0 Å². The molecule has 1 amide bonds. The number of halogens is 1. The molecule has 1 fully saturated rings. The fourth-order valence-electron chi connectivity index (χ4n) is 1.78. The second-order valence-electron chi connectivity index (χ2n) is 5.83. The molecule has 130 valence electrons. The summed E-state index contributed by atoms with van der Waals surface area (Å²) in [6.45, 7) is 10.3. The van der Waals surface area contributed by atoms with Crippen molar-refractivity contribution in [2.45, 2.75) is 39.7 Å². The first-order valence-electron chi connectivity index (χ1n) is 8.04. The molecule has 0 aromatic heterocycles. The first-order chi connectivity index (χ1) is 10.0. The summed E-state index contributed by atoms with van der Waals surface area (Å²) in [5, 5.41) is 9.40. The van der Waals surface area contributed by atoms with Crippen LogP contribution in [0.2, 0.25) is 0 Å². The number of nitrogens with zero attached hydrogens (tertiary/aromatic N) is 2. The molecule has 1 aliphatic rings. The Balaban J connectivity index is 0.00000441. The van der Waals surface area contributed by atoms with Gasteiger partial charge in [0.1, 0.15) is 0 Å². The zero-order valence-electron chi connectivity index (χ0n) is 14.3. The van der Waals surface area contributed by atoms with Crippen LogP contribution in [-0.4, -0.2) is 62.6 Å². The number of amides is 1. The van der Waals surface area contributed by atoms with Crippen LogP contribution in [0, 0.1) is 5.92 Å². The van der Waals surface area contributed by atoms with Gasteiger partial charge in [0.2, 0.25) is 5.91 Å². The minimum Gasteiger partial charge on any atom is -0.357 e. The number of nitrogens with one attached hydrogen (secondary N) is 3. The average Bonchev–Trinajstić information content (AvgIpc) is 3.27. The second-order valence-corrected chi connectivity index (χ2v) is 5.83. The first kappa shape index (κ1) is 21.4. The van der Waals surface area contributed by atoms with Crippen LogP contribution in [0.15, 0.2) is 4.99 Å². The van der Waals surface area contributed by atoms with Crippen molar-refractivity contribution in [1.29, 1.82) is 0 Å². The molecule has 0 aliphatic heterocycles. The zero-order chi connectivity index (χ0) is 15.7. The van der Waals surface area contributed by atoms with Gasteiger partial charge in [-0.2, -0.15) is 0 Å². The van der Waals surface area contributed by atoms with Crippen LogP contribution >= 0.6 is 24.0 Å². The van der Waals surface area contributed by atoms with E-state index in [0.29, 0.717) is 19.1 Å². The Hall–Kier alpha value is -0.570. The molecule has 0 saturated heterocycles. The molecule has 1 rings (SSSR count). The summed E-state index contributed by atoms with van der Waals surface area (Å²) in [6.07, 6.45) is 2.10. The molecule has 0 unspecified atom stereocenters. The number of hydrogen-bond acceptors (Lipinski definition) is 3. The van der Waals surface area contributed by atoms with Crippen LogP contribution in [0.3, 0.4) is 0 Å². The van der Waals surface area contributed by atoms with E-state index in [2.05, 4.69) is 46.7 Å². The number of guanidine groups is 1. The van der Waals surface area contributed by atoms with Gasteiger partial charge in [0.15, 0.2) is 5.96 Å². The van der Waals surface area contributed by atoms with Gasteiger partial charge in [-0.3, -0.25) is 9.79 Å². The Kier molecular flexibility index (Phi) is 11.6. The lowest BCUT2D eigenvalue weighted by molar-refractivity contribution is -0.122. The van der Waals surface area contributed by atoms with Crippen molar-refractivity contribution in [1.82, 2.24) is 20.9 Å². The molecule has 0 aromatic carbocycles. The lowest BCUT2D eigenvalue weighted by atomic mass is 10.3. The van der Waals surface area contributed by atoms with E-state index in [0.717, 1.165) is 38.4 Å². The Bertz CT molecular complexity index is 345. The maximum Gasteiger partial charge on any atom is 0.223 e. The van der Waals surface area contributed by atoms with Crippen molar-refractivity contribution < 1.29 is 4.79 Å². The third-order valence-electron chi connectivity index (χ3n) is 3.61. The van der Waals surface area contributed by atoms with E-state index < -0.39 is 0 Å². The largest absolute Gasteiger partial charge is 0.357 e. The number of aliphatic imine (C=N–C) groups is 1. The quantitative estimate of drug-likeness (QED) is 0.223. The summed E-state index contributed by atoms with van der Waals surface area (Å²) in [5.41, 5.74) is 0. The van der Waals surface area contributed by atoms with E-state index in [1.165, 1.54) is 0 Å². The Labute approximate surface area is 151 Å². The fraction of sp³-hybridized carbons (Fsp3) is 0.867. The van der Waals surface area contributed by atoms with Gasteiger partial charge in [0.05, 0.1) is 6.54 Å². The number of carbonyl (C=O) groups is 1. The molecule has 6 nitrogen and oxygen atoms in total. The topological polar surface area (TPSA) is 68.8 Å². The Morgan fingerprint density at radius 2 is 1.86 bits per heavy atom. The smallest absolute Gasteiger partial charge is 0.223 e. The highest BCUT2D eigenvalue weighted by Gasteiger charge is 2.28. The number of rotatable bonds is 9. The second kappa shape index (κ2) is 11.9. The molecule has 0 radical (unpaired) electrons. The standard InChI is InChI=1S/C15H31N5O.HI/c1-5-16-15(19-10-11-20(4)12(2)3)18-9-8-17-14(21)13-6-7-13;/h12-13H,5-11H2,1-4H3,(H,17,21)(H2,16,18,19);1H. The van der Waals surface area contributed by atoms with Gasteiger partial charge in [0.25, 0.3) is 0 Å². The third kappa shape index (κ3) is 9.45. The monoisotopic (exact) mass is 425 g/mol. The lowest BCUT2D eigenvalue weighted by Crippen LogP contribution is -2.42. The zero-order valence-corrected chi connectivity index (χ0v) is 16.6. The van der Waals surface area contributed by atoms with Crippen molar-refractivity contribution in [3.8, 4) is 0 Å². The van der Waals surface area contributed by atoms with Gasteiger partial charge in [-0.25, -0.2) is 0 Å². The minimum absolute atomic E-state index is 0. The molecule has 0 aromatic rings. The summed E-state index contributed by atoms with van der Waals surface area (Å²) in [7, 11) is 2.11. The maximum atomic E-state index is 11.5. The van der Waals surface area contributed by atoms with Crippen molar-refractivity contribution in [3.05, 3.63) is 0 Å². The lowest BCUT2D eigenvalue weighted by Gasteiger charge is -2.20. The minimum atomic E-state index is 0. The summed E-state index contributed by atoms with van der Waals surface area (Å²) in [6, 6.07) is 0.536. The van der Waals surface area contributed by atoms with Gasteiger partial charge >= 0.3 is 0 Å². The molecule has 1 saturated carbocycles. The highest BCUT2D eigenvalue weighted by molar-refractivity contribution is 14.0. The normalized spacial score (nSPS) is 14.7. The van der Waals surface area contributed by atoms with Crippen molar-refractivity contribution >= 4 is 35.8 Å². The molecule has 22 heavy (non-hydrogen) atoms. The average molecular weight is 425 g/mol. The molecule has 1 aliphatic carbocycles. The Morgan fingerprint density at radius 3 is 2.41 bits per heavy atom. The van der Waals surface area contributed by atoms with Crippen LogP contribution in [-0.2, 0) is 4.79 Å². The van der Waals surface area contributed by atoms with E-state index in [-0.39, 0.29) is 35.8 Å². The SMILES string of the molecule is CCNC(=NCCN(C)C(C)C)NCCNC(=O)C1CC1.I. The van der Waals surface area contributed by atoms with Crippen molar-refractivity contribution in [3.63, 3.8) is 0 Å². The third-order valence-corrected chi connectivity index (χ3v) is 3.61. The fourth-order valence-corrected chi connectivity index (χ4v) is 1.78. The number of carbonyl (C=O) groups excluding carboxylic acids is 1. The van der Waals surface area contributed by atoms with Crippen LogP contribution in [0.1, 0.15) is 33.6 Å². The van der Waals surface area contributed by atoms with Gasteiger partial charge in [-0.15, -0.1) is 24.0 Å². The highest BCUT2D eigenvalue weighted by atomic mass is 127. The van der Waals surface area contributed by atoms with Gasteiger partial charge in [0, 0.05) is 38.1 Å². The van der Waals surface area contributed by atoms with E-state index in [4.69, 9.17) is 0 Å². The molecule has 0 spiro atoms. The highest BCUT2D eigenvalue weighted by Crippen LogP contribution is 2.28. The van der Waals surface area contributed by atoms with E-state index >= 15 is 0 Å². The van der Waals surface area contributed by atoms with E-state index in [9.17, 15) is 4.79 Å². The van der Waals surface area contributed by atoms with Crippen LogP contribution in [0.5, 0.6) is 0 Å². The predicted molar refractivity (Wildman–Crippen MR) is 103 cm³/mol. The van der Waals surface area contributed by atoms with Crippen molar-refractivity contribution in [2.24, 2.45) is 10.9 Å². The molecular formula is C15H32IN5O. The summed E-state index contributed by atoms with van der Waals surface area (Å²) >= 11 is 0. The van der Waals surface area contributed by atoms with Crippen LogP contribution < -0.4 is 16.0 Å². The maximum absolute atomic E-state index is 11.5. The first-order valence-corrected chi connectivity index (χ1v) is 8.04. The predicted octanol–water partition coefficient (Wildman–Crippen LogP) is 1.03. The summed E-state index contributed by atoms with van der Waals surface area (Å²) in [4.78, 5) is 18.3. The molecule has 0 heterocycles. The van der Waals surface area contributed by atoms with Gasteiger partial charge in [-0.05, 0) is 40.7 Å². The molecule has 0 bridgehead atoms. The number of hydrogen-bond donors (Lipinski definition) is 3. The van der Waals surface area contributed by atoms with Crippen LogP contribution in [0.25, 0.3) is 0 Å². The molecule has 7 heteroatoms. The Morgan fingerprint density at radius 1 is 1.23 bits per heavy atom. The van der Waals surface area contributed by atoms with Crippen molar-refractivity contribution in [2.75, 3.05) is 39.8 Å². The summed E-state index contributed by atoms with van der Waals surface area (Å²) < 4.78 is 0. The molecular weight excluding hydrogens is 393 g/mol. The molecule has 0 atom stereocenters. The van der Waals surface area contributed by atoms with Crippen LogP contribution in [0.4, 0.5) is 0 Å². The number of likely N-dealkylation sites (N-methyl/N-ethyl adjacent to an activating group) is 1. The van der Waals surface area contributed by atoms with E-state index in [1.54, 1.807) is 0 Å². The summed E-state index contributed by atoms with van der Waals surface area (Å²) in [5.74, 6) is 1.28. The van der Waals surface area contributed by atoms with E-state index in [1.807, 2.05) is 6.92 Å². The van der Waals surface area contributed by atoms with Gasteiger partial charge < -0.3 is 20.9 Å². The molecule has 3 N–H and O–H groups in total.